The smallest absolute Gasteiger partial charge is 0.150 e. The first-order valence-electron chi connectivity index (χ1n) is 9.23. The molecule has 0 fully saturated rings. The zero-order valence-electron chi connectivity index (χ0n) is 15.2. The van der Waals surface area contributed by atoms with E-state index in [-0.39, 0.29) is 6.10 Å². The Hall–Kier alpha value is -3.27. The summed E-state index contributed by atoms with van der Waals surface area (Å²) in [5, 5.41) is 5.45. The van der Waals surface area contributed by atoms with E-state index in [1.165, 1.54) is 11.1 Å². The zero-order chi connectivity index (χ0) is 18.4. The second kappa shape index (κ2) is 6.16. The van der Waals surface area contributed by atoms with Gasteiger partial charge in [0.05, 0.1) is 17.4 Å². The Morgan fingerprint density at radius 3 is 2.56 bits per heavy atom. The topological polar surface area (TPSA) is 53.1 Å². The van der Waals surface area contributed by atoms with Gasteiger partial charge in [0.25, 0.3) is 0 Å². The highest BCUT2D eigenvalue weighted by molar-refractivity contribution is 5.87. The summed E-state index contributed by atoms with van der Waals surface area (Å²) in [6, 6.07) is 20.9. The predicted molar refractivity (Wildman–Crippen MR) is 109 cm³/mol. The van der Waals surface area contributed by atoms with Gasteiger partial charge >= 0.3 is 0 Å². The molecule has 3 aromatic carbocycles. The monoisotopic (exact) mass is 355 g/mol. The fourth-order valence-electron chi connectivity index (χ4n) is 4.01. The summed E-state index contributed by atoms with van der Waals surface area (Å²) >= 11 is 0. The number of benzene rings is 3. The van der Waals surface area contributed by atoms with Crippen molar-refractivity contribution >= 4 is 16.6 Å². The van der Waals surface area contributed by atoms with Crippen molar-refractivity contribution in [2.75, 3.05) is 5.73 Å². The Bertz CT molecular complexity index is 1120. The Morgan fingerprint density at radius 1 is 1.00 bits per heavy atom. The molecule has 0 aliphatic heterocycles. The number of aryl methyl sites for hydroxylation is 1. The zero-order valence-corrected chi connectivity index (χ0v) is 15.2. The first-order chi connectivity index (χ1) is 13.2. The van der Waals surface area contributed by atoms with Crippen molar-refractivity contribution in [3.63, 3.8) is 0 Å². The van der Waals surface area contributed by atoms with Gasteiger partial charge in [0.1, 0.15) is 11.9 Å². The van der Waals surface area contributed by atoms with E-state index in [1.54, 1.807) is 0 Å². The number of hydrogen-bond donors (Lipinski definition) is 1. The summed E-state index contributed by atoms with van der Waals surface area (Å²) < 4.78 is 8.33. The van der Waals surface area contributed by atoms with Crippen LogP contribution in [0.5, 0.6) is 5.75 Å². The van der Waals surface area contributed by atoms with Gasteiger partial charge in [-0.2, -0.15) is 5.10 Å². The van der Waals surface area contributed by atoms with Gasteiger partial charge in [-0.3, -0.25) is 4.68 Å². The van der Waals surface area contributed by atoms with Crippen LogP contribution >= 0.6 is 0 Å². The van der Waals surface area contributed by atoms with Crippen LogP contribution in [0.3, 0.4) is 0 Å². The third kappa shape index (κ3) is 2.74. The number of fused-ring (bicyclic) bond motifs is 2. The summed E-state index contributed by atoms with van der Waals surface area (Å²) in [4.78, 5) is 0. The van der Waals surface area contributed by atoms with E-state index >= 15 is 0 Å². The molecular weight excluding hydrogens is 334 g/mol. The molecule has 134 valence electrons. The van der Waals surface area contributed by atoms with Gasteiger partial charge in [0, 0.05) is 30.8 Å². The van der Waals surface area contributed by atoms with Crippen LogP contribution in [0.25, 0.3) is 22.0 Å². The number of anilines is 1. The molecule has 2 N–H and O–H groups in total. The molecule has 0 amide bonds. The lowest BCUT2D eigenvalue weighted by Crippen LogP contribution is -2.17. The summed E-state index contributed by atoms with van der Waals surface area (Å²) in [6.45, 7) is 0. The maximum atomic E-state index is 6.45. The molecule has 4 heteroatoms. The molecule has 5 rings (SSSR count). The Morgan fingerprint density at radius 2 is 1.78 bits per heavy atom. The van der Waals surface area contributed by atoms with Crippen LogP contribution in [0.2, 0.25) is 0 Å². The quantitative estimate of drug-likeness (QED) is 0.555. The minimum absolute atomic E-state index is 0.118. The van der Waals surface area contributed by atoms with Crippen LogP contribution in [-0.2, 0) is 19.9 Å². The second-order valence-electron chi connectivity index (χ2n) is 7.18. The number of nitrogens with zero attached hydrogens (tertiary/aromatic N) is 2. The molecule has 0 atom stereocenters. The van der Waals surface area contributed by atoms with E-state index in [1.807, 2.05) is 30.1 Å². The minimum Gasteiger partial charge on any atom is -0.487 e. The summed E-state index contributed by atoms with van der Waals surface area (Å²) in [6.07, 6.45) is 3.85. The van der Waals surface area contributed by atoms with Gasteiger partial charge in [-0.1, -0.05) is 42.5 Å². The Kier molecular flexibility index (Phi) is 3.64. The van der Waals surface area contributed by atoms with E-state index in [0.717, 1.165) is 40.6 Å². The summed E-state index contributed by atoms with van der Waals surface area (Å²) in [5.41, 5.74) is 13.0. The molecule has 0 saturated heterocycles. The number of nitrogen functional groups attached to an aromatic ring is 1. The first-order valence-corrected chi connectivity index (χ1v) is 9.23. The number of para-hydroxylation sites is 1. The highest BCUT2D eigenvalue weighted by Gasteiger charge is 2.24. The number of aromatic nitrogens is 2. The lowest BCUT2D eigenvalue weighted by Gasteiger charge is -2.19. The Balaban J connectivity index is 1.51. The number of nitrogens with two attached hydrogens (primary N) is 1. The molecule has 0 radical (unpaired) electrons. The van der Waals surface area contributed by atoms with Crippen molar-refractivity contribution in [2.24, 2.45) is 7.05 Å². The van der Waals surface area contributed by atoms with E-state index < -0.39 is 0 Å². The lowest BCUT2D eigenvalue weighted by molar-refractivity contribution is 0.216. The second-order valence-corrected chi connectivity index (χ2v) is 7.18. The Labute approximate surface area is 158 Å². The fourth-order valence-corrected chi connectivity index (χ4v) is 4.01. The van der Waals surface area contributed by atoms with Crippen molar-refractivity contribution < 1.29 is 4.74 Å². The van der Waals surface area contributed by atoms with Crippen LogP contribution in [0.4, 0.5) is 5.69 Å². The van der Waals surface area contributed by atoms with Gasteiger partial charge in [0.2, 0.25) is 0 Å². The molecule has 4 aromatic rings. The number of hydrogen-bond acceptors (Lipinski definition) is 3. The normalized spacial score (nSPS) is 13.8. The SMILES string of the molecule is Cn1ncc2cc(-c3cccc(N)c3OC3Cc4ccccc4C3)ccc21. The maximum Gasteiger partial charge on any atom is 0.150 e. The molecule has 0 unspecified atom stereocenters. The molecule has 27 heavy (non-hydrogen) atoms. The van der Waals surface area contributed by atoms with Crippen LogP contribution in [0, 0.1) is 0 Å². The van der Waals surface area contributed by atoms with E-state index in [2.05, 4.69) is 53.6 Å². The van der Waals surface area contributed by atoms with Crippen LogP contribution in [0.1, 0.15) is 11.1 Å². The standard InChI is InChI=1S/C23H21N3O/c1-26-22-10-9-17(11-18(22)14-25-26)20-7-4-8-21(24)23(20)27-19-12-15-5-2-3-6-16(15)13-19/h2-11,14,19H,12-13,24H2,1H3. The molecule has 0 spiro atoms. The predicted octanol–water partition coefficient (Wildman–Crippen LogP) is 4.37. The molecule has 1 aliphatic rings. The lowest BCUT2D eigenvalue weighted by atomic mass is 10.0. The molecule has 4 nitrogen and oxygen atoms in total. The number of ether oxygens (including phenoxy) is 1. The summed E-state index contributed by atoms with van der Waals surface area (Å²) in [7, 11) is 1.95. The van der Waals surface area contributed by atoms with Gasteiger partial charge in [-0.15, -0.1) is 0 Å². The molecule has 1 aliphatic carbocycles. The van der Waals surface area contributed by atoms with E-state index in [0.29, 0.717) is 5.69 Å². The summed E-state index contributed by atoms with van der Waals surface area (Å²) in [5.74, 6) is 0.776. The highest BCUT2D eigenvalue weighted by atomic mass is 16.5. The van der Waals surface area contributed by atoms with Gasteiger partial charge in [0.15, 0.2) is 0 Å². The van der Waals surface area contributed by atoms with Crippen molar-refractivity contribution in [2.45, 2.75) is 18.9 Å². The molecule has 1 heterocycles. The van der Waals surface area contributed by atoms with Crippen LogP contribution in [-0.4, -0.2) is 15.9 Å². The molecule has 1 aromatic heterocycles. The average molecular weight is 355 g/mol. The van der Waals surface area contributed by atoms with Crippen molar-refractivity contribution in [1.82, 2.24) is 9.78 Å². The fraction of sp³-hybridized carbons (Fsp3) is 0.174. The highest BCUT2D eigenvalue weighted by Crippen LogP contribution is 2.38. The van der Waals surface area contributed by atoms with E-state index in [4.69, 9.17) is 10.5 Å². The van der Waals surface area contributed by atoms with Gasteiger partial charge in [-0.05, 0) is 34.9 Å². The first kappa shape index (κ1) is 15.9. The van der Waals surface area contributed by atoms with Crippen LogP contribution in [0.15, 0.2) is 66.9 Å². The molecule has 0 bridgehead atoms. The van der Waals surface area contributed by atoms with Crippen molar-refractivity contribution in [3.05, 3.63) is 78.0 Å². The largest absolute Gasteiger partial charge is 0.487 e. The number of rotatable bonds is 3. The molecular formula is C23H21N3O. The maximum absolute atomic E-state index is 6.45. The minimum atomic E-state index is 0.118. The van der Waals surface area contributed by atoms with Crippen molar-refractivity contribution in [1.29, 1.82) is 0 Å². The average Bonchev–Trinajstić information content (AvgIpc) is 3.26. The van der Waals surface area contributed by atoms with Gasteiger partial charge < -0.3 is 10.5 Å². The molecule has 0 saturated carbocycles. The van der Waals surface area contributed by atoms with Gasteiger partial charge in [-0.25, -0.2) is 0 Å². The van der Waals surface area contributed by atoms with Crippen LogP contribution < -0.4 is 10.5 Å². The van der Waals surface area contributed by atoms with Crippen molar-refractivity contribution in [3.8, 4) is 16.9 Å². The third-order valence-corrected chi connectivity index (χ3v) is 5.40. The third-order valence-electron chi connectivity index (χ3n) is 5.40. The van der Waals surface area contributed by atoms with E-state index in [9.17, 15) is 0 Å².